The molecule has 130 valence electrons. The number of hydrogen-bond acceptors (Lipinski definition) is 3. The minimum atomic E-state index is -0.685. The molecule has 6 heteroatoms. The van der Waals surface area contributed by atoms with Gasteiger partial charge in [0.1, 0.15) is 5.82 Å². The molecule has 0 saturated heterocycles. The molecule has 0 aliphatic rings. The van der Waals surface area contributed by atoms with Crippen LogP contribution in [0.5, 0.6) is 0 Å². The highest BCUT2D eigenvalue weighted by Crippen LogP contribution is 2.17. The molecule has 1 N–H and O–H groups in total. The van der Waals surface area contributed by atoms with Gasteiger partial charge in [0.25, 0.3) is 5.91 Å². The van der Waals surface area contributed by atoms with Gasteiger partial charge in [-0.1, -0.05) is 35.9 Å². The van der Waals surface area contributed by atoms with Crippen LogP contribution in [0.1, 0.15) is 24.1 Å². The molecule has 2 aromatic rings. The fraction of sp³-hybridized carbons (Fsp3) is 0.158. The van der Waals surface area contributed by atoms with Crippen molar-refractivity contribution < 1.29 is 18.7 Å². The lowest BCUT2D eigenvalue weighted by Crippen LogP contribution is -2.30. The van der Waals surface area contributed by atoms with Crippen LogP contribution in [0.2, 0.25) is 5.02 Å². The van der Waals surface area contributed by atoms with Gasteiger partial charge in [0.2, 0.25) is 0 Å². The summed E-state index contributed by atoms with van der Waals surface area (Å²) >= 11 is 5.91. The third-order valence-corrected chi connectivity index (χ3v) is 3.57. The second-order valence-electron chi connectivity index (χ2n) is 5.34. The molecule has 0 bridgehead atoms. The van der Waals surface area contributed by atoms with E-state index in [1.807, 2.05) is 6.07 Å². The lowest BCUT2D eigenvalue weighted by atomic mass is 10.1. The third kappa shape index (κ3) is 6.39. The topological polar surface area (TPSA) is 55.4 Å². The van der Waals surface area contributed by atoms with E-state index in [1.165, 1.54) is 24.3 Å². The zero-order valence-corrected chi connectivity index (χ0v) is 14.3. The molecule has 1 atom stereocenters. The maximum absolute atomic E-state index is 13.0. The maximum atomic E-state index is 13.0. The van der Waals surface area contributed by atoms with Gasteiger partial charge in [0.15, 0.2) is 6.61 Å². The zero-order chi connectivity index (χ0) is 18.2. The van der Waals surface area contributed by atoms with Crippen molar-refractivity contribution in [3.8, 4) is 0 Å². The van der Waals surface area contributed by atoms with Crippen molar-refractivity contribution in [1.29, 1.82) is 0 Å². The molecule has 0 spiro atoms. The number of hydrogen-bond donors (Lipinski definition) is 1. The Labute approximate surface area is 150 Å². The molecule has 0 saturated carbocycles. The van der Waals surface area contributed by atoms with E-state index in [9.17, 15) is 14.0 Å². The second kappa shape index (κ2) is 8.99. The highest BCUT2D eigenvalue weighted by molar-refractivity contribution is 6.30. The summed E-state index contributed by atoms with van der Waals surface area (Å²) in [5, 5.41) is 3.29. The lowest BCUT2D eigenvalue weighted by Gasteiger charge is -2.14. The smallest absolute Gasteiger partial charge is 0.331 e. The number of esters is 1. The van der Waals surface area contributed by atoms with Crippen molar-refractivity contribution in [3.63, 3.8) is 0 Å². The van der Waals surface area contributed by atoms with Crippen LogP contribution < -0.4 is 5.32 Å². The first-order valence-electron chi connectivity index (χ1n) is 7.59. The standard InChI is InChI=1S/C19H17ClFNO3/c1-13(15-5-3-6-16(20)11-15)22-18(23)12-25-19(24)9-8-14-4-2-7-17(21)10-14/h2-11,13H,12H2,1H3,(H,22,23)/b9-8+/t13-/m1/s1. The quantitative estimate of drug-likeness (QED) is 0.627. The van der Waals surface area contributed by atoms with Gasteiger partial charge in [-0.25, -0.2) is 9.18 Å². The summed E-state index contributed by atoms with van der Waals surface area (Å²) in [5.41, 5.74) is 1.37. The summed E-state index contributed by atoms with van der Waals surface area (Å²) < 4.78 is 17.9. The predicted octanol–water partition coefficient (Wildman–Crippen LogP) is 3.91. The monoisotopic (exact) mass is 361 g/mol. The van der Waals surface area contributed by atoms with E-state index >= 15 is 0 Å². The molecule has 0 unspecified atom stereocenters. The number of ether oxygens (including phenoxy) is 1. The van der Waals surface area contributed by atoms with Crippen LogP contribution >= 0.6 is 11.6 Å². The van der Waals surface area contributed by atoms with Crippen LogP contribution in [-0.2, 0) is 14.3 Å². The van der Waals surface area contributed by atoms with E-state index in [0.29, 0.717) is 10.6 Å². The highest BCUT2D eigenvalue weighted by Gasteiger charge is 2.11. The Morgan fingerprint density at radius 2 is 2.00 bits per heavy atom. The van der Waals surface area contributed by atoms with E-state index in [2.05, 4.69) is 5.32 Å². The summed E-state index contributed by atoms with van der Waals surface area (Å²) in [6.45, 7) is 1.40. The van der Waals surface area contributed by atoms with Crippen LogP contribution in [-0.4, -0.2) is 18.5 Å². The number of amides is 1. The summed E-state index contributed by atoms with van der Waals surface area (Å²) in [4.78, 5) is 23.4. The van der Waals surface area contributed by atoms with Crippen molar-refractivity contribution in [1.82, 2.24) is 5.32 Å². The SMILES string of the molecule is C[C@@H](NC(=O)COC(=O)/C=C/c1cccc(F)c1)c1cccc(Cl)c1. The predicted molar refractivity (Wildman–Crippen MR) is 94.4 cm³/mol. The molecule has 0 radical (unpaired) electrons. The van der Waals surface area contributed by atoms with E-state index in [1.54, 1.807) is 31.2 Å². The first kappa shape index (κ1) is 18.7. The Kier molecular flexibility index (Phi) is 6.71. The first-order valence-corrected chi connectivity index (χ1v) is 7.97. The van der Waals surface area contributed by atoms with Crippen LogP contribution in [0, 0.1) is 5.82 Å². The number of benzene rings is 2. The van der Waals surface area contributed by atoms with Gasteiger partial charge in [-0.2, -0.15) is 0 Å². The molecule has 4 nitrogen and oxygen atoms in total. The Morgan fingerprint density at radius 1 is 1.24 bits per heavy atom. The molecule has 0 aliphatic carbocycles. The van der Waals surface area contributed by atoms with Gasteiger partial charge in [0.05, 0.1) is 6.04 Å². The minimum Gasteiger partial charge on any atom is -0.452 e. The largest absolute Gasteiger partial charge is 0.452 e. The molecule has 0 heterocycles. The number of halogens is 2. The first-order chi connectivity index (χ1) is 11.9. The summed E-state index contributed by atoms with van der Waals surface area (Å²) in [6.07, 6.45) is 2.56. The summed E-state index contributed by atoms with van der Waals surface area (Å²) in [7, 11) is 0. The van der Waals surface area contributed by atoms with E-state index in [4.69, 9.17) is 16.3 Å². The molecule has 2 rings (SSSR count). The summed E-state index contributed by atoms with van der Waals surface area (Å²) in [5.74, 6) is -1.51. The molecule has 1 amide bonds. The van der Waals surface area contributed by atoms with Crippen LogP contribution in [0.4, 0.5) is 4.39 Å². The Hall–Kier alpha value is -2.66. The van der Waals surface area contributed by atoms with E-state index in [-0.39, 0.29) is 6.04 Å². The van der Waals surface area contributed by atoms with Crippen molar-refractivity contribution in [2.75, 3.05) is 6.61 Å². The average molecular weight is 362 g/mol. The average Bonchev–Trinajstić information content (AvgIpc) is 2.58. The van der Waals surface area contributed by atoms with Crippen molar-refractivity contribution in [2.45, 2.75) is 13.0 Å². The number of rotatable bonds is 6. The van der Waals surface area contributed by atoms with E-state index < -0.39 is 24.3 Å². The van der Waals surface area contributed by atoms with E-state index in [0.717, 1.165) is 11.6 Å². The van der Waals surface area contributed by atoms with Crippen molar-refractivity contribution >= 4 is 29.6 Å². The fourth-order valence-electron chi connectivity index (χ4n) is 2.10. The Bertz CT molecular complexity index is 792. The van der Waals surface area contributed by atoms with Gasteiger partial charge in [-0.3, -0.25) is 4.79 Å². The molecule has 25 heavy (non-hydrogen) atoms. The molecule has 0 fully saturated rings. The second-order valence-corrected chi connectivity index (χ2v) is 5.78. The third-order valence-electron chi connectivity index (χ3n) is 3.33. The lowest BCUT2D eigenvalue weighted by molar-refractivity contribution is -0.144. The van der Waals surface area contributed by atoms with Crippen LogP contribution in [0.25, 0.3) is 6.08 Å². The Balaban J connectivity index is 1.80. The molecular weight excluding hydrogens is 345 g/mol. The van der Waals surface area contributed by atoms with Gasteiger partial charge in [-0.05, 0) is 48.4 Å². The number of carbonyl (C=O) groups excluding carboxylic acids is 2. The van der Waals surface area contributed by atoms with Crippen molar-refractivity contribution in [2.24, 2.45) is 0 Å². The number of nitrogens with one attached hydrogen (secondary N) is 1. The van der Waals surface area contributed by atoms with Gasteiger partial charge >= 0.3 is 5.97 Å². The Morgan fingerprint density at radius 3 is 2.72 bits per heavy atom. The van der Waals surface area contributed by atoms with Crippen LogP contribution in [0.15, 0.2) is 54.6 Å². The molecule has 0 aliphatic heterocycles. The molecular formula is C19H17ClFNO3. The number of carbonyl (C=O) groups is 2. The van der Waals surface area contributed by atoms with Gasteiger partial charge < -0.3 is 10.1 Å². The molecule has 2 aromatic carbocycles. The summed E-state index contributed by atoms with van der Waals surface area (Å²) in [6, 6.07) is 12.6. The van der Waals surface area contributed by atoms with Gasteiger partial charge in [0, 0.05) is 11.1 Å². The van der Waals surface area contributed by atoms with Crippen LogP contribution in [0.3, 0.4) is 0 Å². The maximum Gasteiger partial charge on any atom is 0.331 e. The minimum absolute atomic E-state index is 0.271. The van der Waals surface area contributed by atoms with Crippen molar-refractivity contribution in [3.05, 3.63) is 76.6 Å². The normalized spacial score (nSPS) is 12.0. The molecule has 0 aromatic heterocycles. The fourth-order valence-corrected chi connectivity index (χ4v) is 2.30. The van der Waals surface area contributed by atoms with Gasteiger partial charge in [-0.15, -0.1) is 0 Å². The highest BCUT2D eigenvalue weighted by atomic mass is 35.5. The zero-order valence-electron chi connectivity index (χ0n) is 13.5.